The van der Waals surface area contributed by atoms with E-state index in [0.717, 1.165) is 22.3 Å². The van der Waals surface area contributed by atoms with Crippen LogP contribution in [0.3, 0.4) is 0 Å². The summed E-state index contributed by atoms with van der Waals surface area (Å²) in [7, 11) is 0. The molecule has 1 heterocycles. The maximum absolute atomic E-state index is 11.3. The highest BCUT2D eigenvalue weighted by Gasteiger charge is 2.22. The summed E-state index contributed by atoms with van der Waals surface area (Å²) in [5.74, 6) is 0.170. The van der Waals surface area contributed by atoms with E-state index in [9.17, 15) is 4.79 Å². The van der Waals surface area contributed by atoms with Gasteiger partial charge in [-0.05, 0) is 53.9 Å². The van der Waals surface area contributed by atoms with Gasteiger partial charge in [-0.3, -0.25) is 4.79 Å². The average molecular weight is 581 g/mol. The van der Waals surface area contributed by atoms with Crippen LogP contribution in [0.5, 0.6) is 5.75 Å². The van der Waals surface area contributed by atoms with E-state index in [1.165, 1.54) is 6.92 Å². The van der Waals surface area contributed by atoms with Gasteiger partial charge in [-0.1, -0.05) is 70.7 Å². The molecule has 1 aliphatic heterocycles. The number of rotatable bonds is 9. The van der Waals surface area contributed by atoms with E-state index >= 15 is 0 Å². The summed E-state index contributed by atoms with van der Waals surface area (Å²) in [6, 6.07) is 16.2. The van der Waals surface area contributed by atoms with Crippen molar-refractivity contribution in [2.45, 2.75) is 33.1 Å². The first-order valence-corrected chi connectivity index (χ1v) is 13.0. The molecule has 1 aliphatic rings. The van der Waals surface area contributed by atoms with Crippen molar-refractivity contribution >= 4 is 52.4 Å². The molecule has 0 N–H and O–H groups in total. The Morgan fingerprint density at radius 1 is 0.973 bits per heavy atom. The third-order valence-electron chi connectivity index (χ3n) is 5.75. The number of hydrogen-bond donors (Lipinski definition) is 0. The number of carbonyl (C=O) groups excluding carboxylic acids is 1. The van der Waals surface area contributed by atoms with Gasteiger partial charge in [-0.15, -0.1) is 0 Å². The standard InChI is InChI=1S/C28H26Cl4N2O3/c1-18-11-20(3-8-27(18)37-19(2)35)14-33-9-10-34(17-33)15-28(24-7-6-23(30)13-26(24)32)36-16-21-4-5-22(29)12-25(21)31/h3-13,28H,14-17H2,1-2H3/i17D. The van der Waals surface area contributed by atoms with Crippen LogP contribution in [0.4, 0.5) is 0 Å². The van der Waals surface area contributed by atoms with Gasteiger partial charge in [0.05, 0.1) is 14.6 Å². The van der Waals surface area contributed by atoms with Gasteiger partial charge < -0.3 is 19.3 Å². The largest absolute Gasteiger partial charge is 0.426 e. The first-order chi connectivity index (χ1) is 18.1. The van der Waals surface area contributed by atoms with Gasteiger partial charge in [0.2, 0.25) is 0 Å². The Morgan fingerprint density at radius 2 is 1.68 bits per heavy atom. The third-order valence-corrected chi connectivity index (χ3v) is 6.89. The van der Waals surface area contributed by atoms with E-state index in [0.29, 0.717) is 38.9 Å². The second-order valence-electron chi connectivity index (χ2n) is 8.68. The SMILES string of the molecule is [2H]C1N(Cc2ccc(OC(C)=O)c(C)c2)C=CN1CC(OCc1ccc(Cl)cc1Cl)c1ccc(Cl)cc1Cl. The molecule has 0 spiro atoms. The molecule has 5 nitrogen and oxygen atoms in total. The predicted molar refractivity (Wildman–Crippen MR) is 149 cm³/mol. The lowest BCUT2D eigenvalue weighted by atomic mass is 10.1. The molecule has 0 saturated carbocycles. The van der Waals surface area contributed by atoms with Gasteiger partial charge in [0.25, 0.3) is 0 Å². The molecule has 9 heteroatoms. The molecule has 0 amide bonds. The molecule has 2 unspecified atom stereocenters. The Kier molecular flexibility index (Phi) is 8.80. The summed E-state index contributed by atoms with van der Waals surface area (Å²) in [6.45, 7) is 3.70. The van der Waals surface area contributed by atoms with E-state index in [2.05, 4.69) is 0 Å². The molecule has 2 atom stereocenters. The van der Waals surface area contributed by atoms with Crippen LogP contribution in [-0.2, 0) is 22.7 Å². The number of aryl methyl sites for hydroxylation is 1. The lowest BCUT2D eigenvalue weighted by molar-refractivity contribution is -0.131. The van der Waals surface area contributed by atoms with Crippen LogP contribution >= 0.6 is 46.4 Å². The number of hydrogen-bond acceptors (Lipinski definition) is 5. The molecule has 0 radical (unpaired) electrons. The zero-order valence-corrected chi connectivity index (χ0v) is 23.3. The Balaban J connectivity index is 1.47. The van der Waals surface area contributed by atoms with Crippen molar-refractivity contribution in [3.05, 3.63) is 109 Å². The first kappa shape index (κ1) is 26.2. The molecule has 0 aromatic heterocycles. The van der Waals surface area contributed by atoms with Crippen molar-refractivity contribution in [2.24, 2.45) is 0 Å². The van der Waals surface area contributed by atoms with E-state index in [1.54, 1.807) is 30.3 Å². The smallest absolute Gasteiger partial charge is 0.308 e. The molecule has 0 aliphatic carbocycles. The van der Waals surface area contributed by atoms with Crippen LogP contribution in [0.15, 0.2) is 67.0 Å². The van der Waals surface area contributed by atoms with Crippen molar-refractivity contribution in [2.75, 3.05) is 13.2 Å². The van der Waals surface area contributed by atoms with Gasteiger partial charge >= 0.3 is 5.97 Å². The van der Waals surface area contributed by atoms with Crippen LogP contribution in [0, 0.1) is 6.92 Å². The van der Waals surface area contributed by atoms with Crippen molar-refractivity contribution in [3.63, 3.8) is 0 Å². The molecule has 4 rings (SSSR count). The minimum Gasteiger partial charge on any atom is -0.426 e. The molecule has 37 heavy (non-hydrogen) atoms. The van der Waals surface area contributed by atoms with Gasteiger partial charge in [0.1, 0.15) is 11.9 Å². The molecule has 0 saturated heterocycles. The monoisotopic (exact) mass is 579 g/mol. The van der Waals surface area contributed by atoms with Gasteiger partial charge in [0.15, 0.2) is 0 Å². The summed E-state index contributed by atoms with van der Waals surface area (Å²) in [5, 5.41) is 2.07. The molecule has 0 bridgehead atoms. The maximum atomic E-state index is 11.3. The molecular weight excluding hydrogens is 554 g/mol. The summed E-state index contributed by atoms with van der Waals surface area (Å²) in [4.78, 5) is 15.1. The summed E-state index contributed by atoms with van der Waals surface area (Å²) in [6.07, 6.45) is 3.28. The molecular formula is C28H26Cl4N2O3. The van der Waals surface area contributed by atoms with Crippen molar-refractivity contribution in [1.29, 1.82) is 0 Å². The normalized spacial score (nSPS) is 16.2. The van der Waals surface area contributed by atoms with E-state index in [-0.39, 0.29) is 12.6 Å². The first-order valence-electron chi connectivity index (χ1n) is 12.1. The second-order valence-corrected chi connectivity index (χ2v) is 10.4. The topological polar surface area (TPSA) is 42.0 Å². The number of ether oxygens (including phenoxy) is 2. The van der Waals surface area contributed by atoms with Gasteiger partial charge in [0, 0.05) is 58.1 Å². The number of benzene rings is 3. The van der Waals surface area contributed by atoms with Crippen molar-refractivity contribution < 1.29 is 15.6 Å². The van der Waals surface area contributed by atoms with Crippen LogP contribution < -0.4 is 4.74 Å². The minimum absolute atomic E-state index is 0.234. The number of esters is 1. The molecule has 194 valence electrons. The van der Waals surface area contributed by atoms with Crippen LogP contribution in [-0.4, -0.2) is 29.0 Å². The quantitative estimate of drug-likeness (QED) is 0.189. The zero-order valence-electron chi connectivity index (χ0n) is 21.3. The molecule has 3 aromatic carbocycles. The van der Waals surface area contributed by atoms with E-state index in [4.69, 9.17) is 57.2 Å². The lowest BCUT2D eigenvalue weighted by Gasteiger charge is -2.27. The number of halogens is 4. The lowest BCUT2D eigenvalue weighted by Crippen LogP contribution is -2.29. The Morgan fingerprint density at radius 3 is 2.35 bits per heavy atom. The minimum atomic E-state index is -0.681. The summed E-state index contributed by atoms with van der Waals surface area (Å²) >= 11 is 25.1. The van der Waals surface area contributed by atoms with Gasteiger partial charge in [-0.25, -0.2) is 0 Å². The van der Waals surface area contributed by atoms with Crippen molar-refractivity contribution in [3.8, 4) is 5.75 Å². The summed E-state index contributed by atoms with van der Waals surface area (Å²) < 4.78 is 20.4. The molecule has 3 aromatic rings. The average Bonchev–Trinajstić information content (AvgIpc) is 3.18. The van der Waals surface area contributed by atoms with E-state index in [1.807, 2.05) is 53.4 Å². The predicted octanol–water partition coefficient (Wildman–Crippen LogP) is 8.04. The number of nitrogens with zero attached hydrogens (tertiary/aromatic N) is 2. The fourth-order valence-electron chi connectivity index (χ4n) is 3.95. The highest BCUT2D eigenvalue weighted by Crippen LogP contribution is 2.32. The van der Waals surface area contributed by atoms with Crippen LogP contribution in [0.1, 0.15) is 36.7 Å². The van der Waals surface area contributed by atoms with Gasteiger partial charge in [-0.2, -0.15) is 0 Å². The van der Waals surface area contributed by atoms with Crippen LogP contribution in [0.25, 0.3) is 0 Å². The highest BCUT2D eigenvalue weighted by atomic mass is 35.5. The van der Waals surface area contributed by atoms with Crippen LogP contribution in [0.2, 0.25) is 20.1 Å². The molecule has 0 fully saturated rings. The zero-order chi connectivity index (χ0) is 27.4. The van der Waals surface area contributed by atoms with E-state index < -0.39 is 12.7 Å². The third kappa shape index (κ3) is 7.56. The Labute approximate surface area is 238 Å². The summed E-state index contributed by atoms with van der Waals surface area (Å²) in [5.41, 5.74) is 3.40. The van der Waals surface area contributed by atoms with Crippen molar-refractivity contribution in [1.82, 2.24) is 9.80 Å². The second kappa shape index (κ2) is 12.4. The number of carbonyl (C=O) groups is 1. The highest BCUT2D eigenvalue weighted by molar-refractivity contribution is 6.35. The maximum Gasteiger partial charge on any atom is 0.308 e. The fraction of sp³-hybridized carbons (Fsp3) is 0.250. The fourth-order valence-corrected chi connectivity index (χ4v) is 4.95. The Bertz CT molecular complexity index is 1350. The Hall–Kier alpha value is -2.41.